The van der Waals surface area contributed by atoms with Crippen LogP contribution < -0.4 is 84.6 Å². The fraction of sp³-hybridized carbons (Fsp3) is 0.200. The molecule has 37 heavy (non-hydrogen) atoms. The minimum absolute atomic E-state index is 0. The van der Waals surface area contributed by atoms with E-state index in [1.165, 1.54) is 12.1 Å². The maximum Gasteiger partial charge on any atom is 1.00 e. The average Bonchev–Trinajstić information content (AvgIpc) is 2.84. The van der Waals surface area contributed by atoms with Crippen molar-refractivity contribution in [3.05, 3.63) is 81.0 Å². The Morgan fingerprint density at radius 2 is 1.41 bits per heavy atom. The molecule has 0 saturated heterocycles. The Morgan fingerprint density at radius 3 is 1.97 bits per heavy atom. The standard InChI is InChI=1S/C24H19O8.CO2.2Na/c25-15-10-13-31-18-7-4-6-17(22(15)18)29-11-2-1-3-12-30-19-8-5-9-20-23(19)16(26)14-21(32-20)24(27)28;2-1-3;;/h4-10,14H,1-3,11-12H2,(H,27,28);;;/q-1;;2*+1/p-1. The minimum Gasteiger partial charge on any atom is -0.580 e. The minimum atomic E-state index is -1.56. The van der Waals surface area contributed by atoms with Gasteiger partial charge < -0.3 is 33.0 Å². The Bertz CT molecular complexity index is 1480. The summed E-state index contributed by atoms with van der Waals surface area (Å²) < 4.78 is 21.9. The summed E-state index contributed by atoms with van der Waals surface area (Å²) in [5, 5.41) is 11.5. The maximum atomic E-state index is 12.3. The van der Waals surface area contributed by atoms with Crippen LogP contribution in [0, 0.1) is 6.26 Å². The van der Waals surface area contributed by atoms with E-state index in [0.29, 0.717) is 42.1 Å². The molecule has 10 nitrogen and oxygen atoms in total. The van der Waals surface area contributed by atoms with Crippen molar-refractivity contribution in [2.24, 2.45) is 0 Å². The Kier molecular flexibility index (Phi) is 14.2. The molecule has 0 saturated carbocycles. The molecule has 0 amide bonds. The molecule has 180 valence electrons. The van der Waals surface area contributed by atoms with Crippen LogP contribution in [0.1, 0.15) is 29.8 Å². The Morgan fingerprint density at radius 1 is 0.865 bits per heavy atom. The number of carbonyl (C=O) groups is 1. The van der Waals surface area contributed by atoms with E-state index >= 15 is 0 Å². The number of aromatic carboxylic acids is 1. The van der Waals surface area contributed by atoms with Crippen LogP contribution in [0.5, 0.6) is 11.5 Å². The first-order valence-corrected chi connectivity index (χ1v) is 10.4. The summed E-state index contributed by atoms with van der Waals surface area (Å²) in [6, 6.07) is 12.0. The second kappa shape index (κ2) is 16.2. The van der Waals surface area contributed by atoms with Crippen LogP contribution in [0.4, 0.5) is 0 Å². The van der Waals surface area contributed by atoms with E-state index in [0.717, 1.165) is 18.9 Å². The monoisotopic (exact) mass is 524 g/mol. The van der Waals surface area contributed by atoms with Crippen molar-refractivity contribution in [3.63, 3.8) is 0 Å². The van der Waals surface area contributed by atoms with Gasteiger partial charge in [0.25, 0.3) is 0 Å². The molecule has 0 fully saturated rings. The van der Waals surface area contributed by atoms with Gasteiger partial charge in [0.2, 0.25) is 0 Å². The summed E-state index contributed by atoms with van der Waals surface area (Å²) in [5.74, 6) is -1.28. The third-order valence-electron chi connectivity index (χ3n) is 4.81. The molecule has 0 atom stereocenters. The number of hydrogen-bond donors (Lipinski definition) is 0. The van der Waals surface area contributed by atoms with Crippen molar-refractivity contribution in [2.45, 2.75) is 19.3 Å². The normalized spacial score (nSPS) is 9.73. The van der Waals surface area contributed by atoms with Gasteiger partial charge in [-0.05, 0) is 49.1 Å². The predicted octanol–water partition coefficient (Wildman–Crippen LogP) is -3.88. The molecule has 4 aromatic rings. The van der Waals surface area contributed by atoms with Crippen molar-refractivity contribution in [1.29, 1.82) is 0 Å². The van der Waals surface area contributed by atoms with E-state index in [-0.39, 0.29) is 81.7 Å². The predicted molar refractivity (Wildman–Crippen MR) is 118 cm³/mol. The zero-order chi connectivity index (χ0) is 25.2. The van der Waals surface area contributed by atoms with Crippen LogP contribution in [0.3, 0.4) is 0 Å². The number of unbranched alkanes of at least 4 members (excludes halogenated alkanes) is 2. The molecule has 4 rings (SSSR count). The fourth-order valence-corrected chi connectivity index (χ4v) is 3.32. The summed E-state index contributed by atoms with van der Waals surface area (Å²) in [6.07, 6.45) is 4.92. The summed E-state index contributed by atoms with van der Waals surface area (Å²) in [4.78, 5) is 51.5. The van der Waals surface area contributed by atoms with E-state index < -0.39 is 17.2 Å². The molecule has 0 N–H and O–H groups in total. The molecule has 0 radical (unpaired) electrons. The van der Waals surface area contributed by atoms with E-state index in [2.05, 4.69) is 6.26 Å². The summed E-state index contributed by atoms with van der Waals surface area (Å²) >= 11 is 0. The third-order valence-corrected chi connectivity index (χ3v) is 4.81. The van der Waals surface area contributed by atoms with Crippen molar-refractivity contribution >= 4 is 34.1 Å². The molecular weight excluding hydrogens is 506 g/mol. The van der Waals surface area contributed by atoms with Crippen LogP contribution in [0.15, 0.2) is 67.0 Å². The summed E-state index contributed by atoms with van der Waals surface area (Å²) in [5.41, 5.74) is -0.164. The zero-order valence-electron chi connectivity index (χ0n) is 20.2. The number of hydrogen-bond acceptors (Lipinski definition) is 10. The largest absolute Gasteiger partial charge is 1.00 e. The number of carbonyl (C=O) groups excluding carboxylic acids is 3. The van der Waals surface area contributed by atoms with Crippen molar-refractivity contribution in [2.75, 3.05) is 13.2 Å². The molecule has 0 aliphatic rings. The first kappa shape index (κ1) is 32.3. The van der Waals surface area contributed by atoms with Crippen LogP contribution in [-0.2, 0) is 9.59 Å². The maximum absolute atomic E-state index is 12.3. The fourth-order valence-electron chi connectivity index (χ4n) is 3.32. The smallest absolute Gasteiger partial charge is 0.580 e. The van der Waals surface area contributed by atoms with E-state index in [1.807, 2.05) is 0 Å². The average molecular weight is 524 g/mol. The van der Waals surface area contributed by atoms with Gasteiger partial charge in [0, 0.05) is 11.6 Å². The second-order valence-corrected chi connectivity index (χ2v) is 7.09. The zero-order valence-corrected chi connectivity index (χ0v) is 24.2. The Labute approximate surface area is 254 Å². The van der Waals surface area contributed by atoms with Crippen LogP contribution in [0.25, 0.3) is 21.9 Å². The molecule has 0 bridgehead atoms. The molecule has 0 aliphatic carbocycles. The van der Waals surface area contributed by atoms with Gasteiger partial charge >= 0.3 is 65.3 Å². The number of benzene rings is 2. The van der Waals surface area contributed by atoms with Gasteiger partial charge in [-0.2, -0.15) is 9.59 Å². The van der Waals surface area contributed by atoms with Gasteiger partial charge in [-0.25, -0.2) is 0 Å². The summed E-state index contributed by atoms with van der Waals surface area (Å²) in [7, 11) is 0. The number of ether oxygens (including phenoxy) is 2. The van der Waals surface area contributed by atoms with Crippen molar-refractivity contribution in [3.8, 4) is 11.5 Å². The van der Waals surface area contributed by atoms with Crippen LogP contribution in [0.2, 0.25) is 0 Å². The van der Waals surface area contributed by atoms with Gasteiger partial charge in [0.15, 0.2) is 11.2 Å². The van der Waals surface area contributed by atoms with Crippen molar-refractivity contribution in [1.82, 2.24) is 0 Å². The third kappa shape index (κ3) is 8.69. The number of carboxylic acid groups (broad SMARTS) is 1. The van der Waals surface area contributed by atoms with Gasteiger partial charge in [-0.3, -0.25) is 4.79 Å². The van der Waals surface area contributed by atoms with Crippen molar-refractivity contribution < 1.29 is 96.9 Å². The van der Waals surface area contributed by atoms with Gasteiger partial charge in [-0.15, -0.1) is 0 Å². The number of carboxylic acids is 1. The van der Waals surface area contributed by atoms with E-state index in [1.54, 1.807) is 30.3 Å². The van der Waals surface area contributed by atoms with Crippen LogP contribution in [-0.4, -0.2) is 25.3 Å². The topological polar surface area (TPSA) is 153 Å². The van der Waals surface area contributed by atoms with Gasteiger partial charge in [-0.1, -0.05) is 24.3 Å². The molecule has 0 spiro atoms. The van der Waals surface area contributed by atoms with Crippen LogP contribution >= 0.6 is 0 Å². The number of rotatable bonds is 9. The Balaban J connectivity index is 0.00000131. The molecule has 0 aliphatic heterocycles. The molecule has 2 aromatic heterocycles. The quantitative estimate of drug-likeness (QED) is 0.121. The van der Waals surface area contributed by atoms with Gasteiger partial charge in [0.1, 0.15) is 28.4 Å². The molecule has 2 heterocycles. The van der Waals surface area contributed by atoms with Gasteiger partial charge in [0.05, 0.1) is 18.6 Å². The molecule has 12 heteroatoms. The van der Waals surface area contributed by atoms with E-state index in [4.69, 9.17) is 27.9 Å². The second-order valence-electron chi connectivity index (χ2n) is 7.09. The first-order valence-electron chi connectivity index (χ1n) is 10.4. The SMILES string of the molecule is O=C([O-])c1cc(=O)c2c(OCCCCCOc3cccc4o[c-]cc(=O)c34)cccc2o1.O=C=O.[Na+].[Na+]. The first-order chi connectivity index (χ1) is 17.0. The van der Waals surface area contributed by atoms with E-state index in [9.17, 15) is 19.5 Å². The Hall–Kier alpha value is -2.69. The summed E-state index contributed by atoms with van der Waals surface area (Å²) in [6.45, 7) is 0.773. The molecule has 0 unspecified atom stereocenters. The molecular formula is C25H18Na2O10. The number of fused-ring (bicyclic) bond motifs is 2. The molecule has 2 aromatic carbocycles.